The number of pyridine rings is 1. The lowest BCUT2D eigenvalue weighted by molar-refractivity contribution is 0.0954. The Morgan fingerprint density at radius 2 is 2.05 bits per heavy atom. The van der Waals surface area contributed by atoms with Crippen molar-refractivity contribution in [3.63, 3.8) is 0 Å². The largest absolute Gasteiger partial charge is 0.496 e. The van der Waals surface area contributed by atoms with Crippen molar-refractivity contribution in [2.75, 3.05) is 7.11 Å². The van der Waals surface area contributed by atoms with Crippen molar-refractivity contribution in [3.8, 4) is 5.75 Å². The number of carbonyl (C=O) groups excluding carboxylic acids is 1. The fourth-order valence-corrected chi connectivity index (χ4v) is 1.70. The smallest absolute Gasteiger partial charge is 0.272 e. The second-order valence-corrected chi connectivity index (χ2v) is 4.08. The molecule has 0 saturated heterocycles. The van der Waals surface area contributed by atoms with Crippen LogP contribution in [0.25, 0.3) is 0 Å². The number of nitrogens with zero attached hydrogens (tertiary/aromatic N) is 2. The molecular formula is C15H15N3O2. The van der Waals surface area contributed by atoms with E-state index in [1.807, 2.05) is 24.3 Å². The van der Waals surface area contributed by atoms with Gasteiger partial charge in [-0.05, 0) is 31.2 Å². The monoisotopic (exact) mass is 269 g/mol. The van der Waals surface area contributed by atoms with E-state index in [0.717, 1.165) is 5.56 Å². The van der Waals surface area contributed by atoms with Gasteiger partial charge in [0.1, 0.15) is 5.75 Å². The fraction of sp³-hybridized carbons (Fsp3) is 0.133. The Morgan fingerprint density at radius 1 is 1.25 bits per heavy atom. The molecule has 20 heavy (non-hydrogen) atoms. The molecule has 1 amide bonds. The topological polar surface area (TPSA) is 63.6 Å². The van der Waals surface area contributed by atoms with Gasteiger partial charge in [-0.15, -0.1) is 0 Å². The molecule has 102 valence electrons. The molecule has 0 fully saturated rings. The van der Waals surface area contributed by atoms with Gasteiger partial charge in [-0.3, -0.25) is 9.78 Å². The highest BCUT2D eigenvalue weighted by Gasteiger charge is 2.07. The van der Waals surface area contributed by atoms with Crippen molar-refractivity contribution in [2.45, 2.75) is 6.92 Å². The standard InChI is InChI=1S/C15H15N3O2/c1-11(13-7-3-4-8-14(13)20-2)17-18-15(19)12-6-5-9-16-10-12/h3-10H,1-2H3,(H,18,19). The molecule has 0 atom stereocenters. The zero-order valence-electron chi connectivity index (χ0n) is 11.3. The Balaban J connectivity index is 2.13. The van der Waals surface area contributed by atoms with Crippen molar-refractivity contribution in [1.82, 2.24) is 10.4 Å². The number of para-hydroxylation sites is 1. The molecule has 0 spiro atoms. The summed E-state index contributed by atoms with van der Waals surface area (Å²) in [4.78, 5) is 15.7. The molecule has 0 aliphatic heterocycles. The van der Waals surface area contributed by atoms with Crippen molar-refractivity contribution in [2.24, 2.45) is 5.10 Å². The lowest BCUT2D eigenvalue weighted by Gasteiger charge is -2.07. The quantitative estimate of drug-likeness (QED) is 0.684. The molecule has 1 aromatic heterocycles. The number of nitrogens with one attached hydrogen (secondary N) is 1. The molecule has 0 aliphatic carbocycles. The molecule has 0 unspecified atom stereocenters. The molecule has 1 aromatic carbocycles. The number of amides is 1. The fourth-order valence-electron chi connectivity index (χ4n) is 1.70. The Bertz CT molecular complexity index is 624. The Kier molecular flexibility index (Phi) is 4.44. The van der Waals surface area contributed by atoms with Crippen LogP contribution < -0.4 is 10.2 Å². The van der Waals surface area contributed by atoms with Crippen LogP contribution in [-0.4, -0.2) is 23.7 Å². The Hall–Kier alpha value is -2.69. The maximum atomic E-state index is 11.8. The number of hydrogen-bond donors (Lipinski definition) is 1. The van der Waals surface area contributed by atoms with Gasteiger partial charge < -0.3 is 4.74 Å². The maximum Gasteiger partial charge on any atom is 0.272 e. The first-order chi connectivity index (χ1) is 9.72. The molecule has 0 bridgehead atoms. The summed E-state index contributed by atoms with van der Waals surface area (Å²) < 4.78 is 5.25. The van der Waals surface area contributed by atoms with Crippen molar-refractivity contribution >= 4 is 11.6 Å². The summed E-state index contributed by atoms with van der Waals surface area (Å²) in [6, 6.07) is 10.9. The highest BCUT2D eigenvalue weighted by Crippen LogP contribution is 2.17. The first-order valence-electron chi connectivity index (χ1n) is 6.10. The van der Waals surface area contributed by atoms with Gasteiger partial charge in [-0.25, -0.2) is 5.43 Å². The lowest BCUT2D eigenvalue weighted by Crippen LogP contribution is -2.19. The van der Waals surface area contributed by atoms with Gasteiger partial charge in [0.2, 0.25) is 0 Å². The number of methoxy groups -OCH3 is 1. The number of rotatable bonds is 4. The third-order valence-corrected chi connectivity index (χ3v) is 2.75. The summed E-state index contributed by atoms with van der Waals surface area (Å²) in [6.45, 7) is 1.81. The van der Waals surface area contributed by atoms with Gasteiger partial charge in [-0.1, -0.05) is 12.1 Å². The van der Waals surface area contributed by atoms with E-state index in [-0.39, 0.29) is 5.91 Å². The zero-order valence-corrected chi connectivity index (χ0v) is 11.3. The third kappa shape index (κ3) is 3.20. The molecule has 5 heteroatoms. The lowest BCUT2D eigenvalue weighted by atomic mass is 10.1. The number of ether oxygens (including phenoxy) is 1. The van der Waals surface area contributed by atoms with E-state index in [1.54, 1.807) is 32.4 Å². The van der Waals surface area contributed by atoms with Crippen LogP contribution >= 0.6 is 0 Å². The van der Waals surface area contributed by atoms with E-state index in [9.17, 15) is 4.79 Å². The molecular weight excluding hydrogens is 254 g/mol. The molecule has 2 aromatic rings. The van der Waals surface area contributed by atoms with Crippen molar-refractivity contribution in [1.29, 1.82) is 0 Å². The van der Waals surface area contributed by atoms with E-state index in [4.69, 9.17) is 4.74 Å². The maximum absolute atomic E-state index is 11.8. The van der Waals surface area contributed by atoms with Crippen LogP contribution in [0.4, 0.5) is 0 Å². The van der Waals surface area contributed by atoms with Gasteiger partial charge >= 0.3 is 0 Å². The summed E-state index contributed by atoms with van der Waals surface area (Å²) in [5, 5.41) is 4.09. The molecule has 2 rings (SSSR count). The van der Waals surface area contributed by atoms with Crippen LogP contribution in [-0.2, 0) is 0 Å². The van der Waals surface area contributed by atoms with Crippen LogP contribution in [0, 0.1) is 0 Å². The summed E-state index contributed by atoms with van der Waals surface area (Å²) in [5.41, 5.74) is 4.47. The van der Waals surface area contributed by atoms with E-state index in [1.165, 1.54) is 6.20 Å². The number of hydrazone groups is 1. The van der Waals surface area contributed by atoms with Crippen LogP contribution in [0.15, 0.2) is 53.9 Å². The van der Waals surface area contributed by atoms with Gasteiger partial charge in [0.15, 0.2) is 0 Å². The predicted molar refractivity (Wildman–Crippen MR) is 76.9 cm³/mol. The van der Waals surface area contributed by atoms with E-state index >= 15 is 0 Å². The predicted octanol–water partition coefficient (Wildman–Crippen LogP) is 2.24. The third-order valence-electron chi connectivity index (χ3n) is 2.75. The van der Waals surface area contributed by atoms with Crippen molar-refractivity contribution < 1.29 is 9.53 Å². The summed E-state index contributed by atoms with van der Waals surface area (Å²) in [5.74, 6) is 0.414. The van der Waals surface area contributed by atoms with Crippen LogP contribution in [0.1, 0.15) is 22.8 Å². The molecule has 1 heterocycles. The second-order valence-electron chi connectivity index (χ2n) is 4.08. The van der Waals surface area contributed by atoms with Crippen LogP contribution in [0.2, 0.25) is 0 Å². The van der Waals surface area contributed by atoms with E-state index < -0.39 is 0 Å². The van der Waals surface area contributed by atoms with Gasteiger partial charge in [0, 0.05) is 18.0 Å². The normalized spacial score (nSPS) is 11.0. The highest BCUT2D eigenvalue weighted by atomic mass is 16.5. The summed E-state index contributed by atoms with van der Waals surface area (Å²) in [7, 11) is 1.60. The molecule has 0 aliphatic rings. The number of hydrogen-bond acceptors (Lipinski definition) is 4. The second kappa shape index (κ2) is 6.47. The minimum atomic E-state index is -0.299. The number of benzene rings is 1. The molecule has 5 nitrogen and oxygen atoms in total. The molecule has 1 N–H and O–H groups in total. The van der Waals surface area contributed by atoms with Gasteiger partial charge in [-0.2, -0.15) is 5.10 Å². The average Bonchev–Trinajstić information content (AvgIpc) is 2.53. The number of carbonyl (C=O) groups is 1. The molecule has 0 radical (unpaired) electrons. The van der Waals surface area contributed by atoms with E-state index in [2.05, 4.69) is 15.5 Å². The zero-order chi connectivity index (χ0) is 14.4. The summed E-state index contributed by atoms with van der Waals surface area (Å²) >= 11 is 0. The average molecular weight is 269 g/mol. The SMILES string of the molecule is COc1ccccc1C(C)=NNC(=O)c1cccnc1. The summed E-state index contributed by atoms with van der Waals surface area (Å²) in [6.07, 6.45) is 3.10. The van der Waals surface area contributed by atoms with Crippen LogP contribution in [0.5, 0.6) is 5.75 Å². The Labute approximate surface area is 117 Å². The van der Waals surface area contributed by atoms with Crippen molar-refractivity contribution in [3.05, 3.63) is 59.9 Å². The minimum absolute atomic E-state index is 0.299. The first kappa shape index (κ1) is 13.7. The minimum Gasteiger partial charge on any atom is -0.496 e. The van der Waals surface area contributed by atoms with E-state index in [0.29, 0.717) is 17.0 Å². The van der Waals surface area contributed by atoms with Gasteiger partial charge in [0.05, 0.1) is 18.4 Å². The molecule has 0 saturated carbocycles. The number of aromatic nitrogens is 1. The van der Waals surface area contributed by atoms with Gasteiger partial charge in [0.25, 0.3) is 5.91 Å². The van der Waals surface area contributed by atoms with Crippen LogP contribution in [0.3, 0.4) is 0 Å². The highest BCUT2D eigenvalue weighted by molar-refractivity contribution is 6.02. The first-order valence-corrected chi connectivity index (χ1v) is 6.10. The Morgan fingerprint density at radius 3 is 2.75 bits per heavy atom.